The fourth-order valence-corrected chi connectivity index (χ4v) is 6.31. The minimum absolute atomic E-state index is 0.0205. The van der Waals surface area contributed by atoms with Gasteiger partial charge >= 0.3 is 0 Å². The van der Waals surface area contributed by atoms with E-state index in [4.69, 9.17) is 11.6 Å². The highest BCUT2D eigenvalue weighted by Crippen LogP contribution is 2.25. The van der Waals surface area contributed by atoms with Crippen molar-refractivity contribution < 1.29 is 21.6 Å². The molecular weight excluding hydrogens is 578 g/mol. The van der Waals surface area contributed by atoms with Crippen molar-refractivity contribution in [3.05, 3.63) is 108 Å². The zero-order valence-electron chi connectivity index (χ0n) is 20.8. The van der Waals surface area contributed by atoms with Crippen LogP contribution in [0.1, 0.15) is 10.4 Å². The van der Waals surface area contributed by atoms with E-state index in [1.54, 1.807) is 60.7 Å². The summed E-state index contributed by atoms with van der Waals surface area (Å²) in [4.78, 5) is 13.9. The van der Waals surface area contributed by atoms with Crippen LogP contribution in [-0.4, -0.2) is 36.0 Å². The van der Waals surface area contributed by atoms with Crippen LogP contribution in [0.4, 0.5) is 17.1 Å². The number of benzene rings is 4. The van der Waals surface area contributed by atoms with Crippen molar-refractivity contribution in [2.24, 2.45) is 0 Å². The van der Waals surface area contributed by atoms with Crippen LogP contribution in [-0.2, 0) is 20.0 Å². The molecule has 4 aromatic rings. The largest absolute Gasteiger partial charge is 0.322 e. The van der Waals surface area contributed by atoms with E-state index in [0.29, 0.717) is 27.6 Å². The minimum Gasteiger partial charge on any atom is -0.322 e. The van der Waals surface area contributed by atoms with Crippen LogP contribution in [0.5, 0.6) is 0 Å². The number of carbonyl (C=O) groups excluding carboxylic acids is 1. The topological polar surface area (TPSA) is 113 Å². The van der Waals surface area contributed by atoms with Gasteiger partial charge < -0.3 is 5.32 Å². The maximum atomic E-state index is 13.0. The average Bonchev–Trinajstić information content (AvgIpc) is 2.94. The van der Waals surface area contributed by atoms with Gasteiger partial charge in [0.05, 0.1) is 15.5 Å². The third-order valence-corrected chi connectivity index (χ3v) is 9.92. The molecule has 0 atom stereocenters. The summed E-state index contributed by atoms with van der Waals surface area (Å²) in [6, 6.07) is 24.7. The highest BCUT2D eigenvalue weighted by Gasteiger charge is 2.21. The molecule has 0 aromatic heterocycles. The van der Waals surface area contributed by atoms with Crippen molar-refractivity contribution in [3.8, 4) is 0 Å². The first-order valence-electron chi connectivity index (χ1n) is 11.4. The third kappa shape index (κ3) is 6.74. The van der Waals surface area contributed by atoms with Gasteiger partial charge in [-0.15, -0.1) is 11.8 Å². The summed E-state index contributed by atoms with van der Waals surface area (Å²) in [5, 5.41) is 3.19. The van der Waals surface area contributed by atoms with Crippen molar-refractivity contribution in [2.75, 3.05) is 27.6 Å². The molecule has 202 valence electrons. The number of rotatable bonds is 9. The van der Waals surface area contributed by atoms with Crippen molar-refractivity contribution in [3.63, 3.8) is 0 Å². The lowest BCUT2D eigenvalue weighted by molar-refractivity contribution is 0.102. The number of sulfonamides is 2. The van der Waals surface area contributed by atoms with Gasteiger partial charge in [0.2, 0.25) is 0 Å². The van der Waals surface area contributed by atoms with E-state index < -0.39 is 26.0 Å². The molecule has 0 fully saturated rings. The second kappa shape index (κ2) is 11.7. The van der Waals surface area contributed by atoms with Gasteiger partial charge in [0.25, 0.3) is 26.0 Å². The fraction of sp³-hybridized carbons (Fsp3) is 0.0741. The lowest BCUT2D eigenvalue weighted by Crippen LogP contribution is -2.26. The maximum Gasteiger partial charge on any atom is 0.264 e. The van der Waals surface area contributed by atoms with Crippen molar-refractivity contribution in [2.45, 2.75) is 14.7 Å². The van der Waals surface area contributed by atoms with Gasteiger partial charge in [0, 0.05) is 33.9 Å². The van der Waals surface area contributed by atoms with Gasteiger partial charge in [-0.1, -0.05) is 11.6 Å². The number of anilines is 3. The zero-order valence-corrected chi connectivity index (χ0v) is 24.0. The molecule has 12 heteroatoms. The van der Waals surface area contributed by atoms with Crippen LogP contribution in [0, 0.1) is 0 Å². The number of nitrogens with one attached hydrogen (secondary N) is 2. The highest BCUT2D eigenvalue weighted by molar-refractivity contribution is 7.98. The first kappa shape index (κ1) is 28.5. The summed E-state index contributed by atoms with van der Waals surface area (Å²) in [6.07, 6.45) is 1.91. The number of hydrogen-bond acceptors (Lipinski definition) is 6. The molecule has 0 saturated heterocycles. The van der Waals surface area contributed by atoms with Crippen molar-refractivity contribution >= 4 is 66.4 Å². The molecular formula is C27H24ClN3O5S3. The summed E-state index contributed by atoms with van der Waals surface area (Å²) < 4.78 is 54.9. The molecule has 2 N–H and O–H groups in total. The maximum absolute atomic E-state index is 13.0. The Kier molecular flexibility index (Phi) is 8.55. The number of nitrogens with zero attached hydrogens (tertiary/aromatic N) is 1. The molecule has 0 heterocycles. The Balaban J connectivity index is 1.42. The molecule has 1 amide bonds. The fourth-order valence-electron chi connectivity index (χ4n) is 3.52. The van der Waals surface area contributed by atoms with Gasteiger partial charge in [-0.05, 0) is 103 Å². The van der Waals surface area contributed by atoms with Gasteiger partial charge in [-0.25, -0.2) is 16.8 Å². The number of hydrogen-bond donors (Lipinski definition) is 2. The number of amides is 1. The quantitative estimate of drug-likeness (QED) is 0.230. The van der Waals surface area contributed by atoms with E-state index in [9.17, 15) is 21.6 Å². The summed E-state index contributed by atoms with van der Waals surface area (Å²) in [6.45, 7) is 0. The van der Waals surface area contributed by atoms with E-state index in [-0.39, 0.29) is 9.79 Å². The van der Waals surface area contributed by atoms with E-state index in [1.165, 1.54) is 55.2 Å². The number of carbonyl (C=O) groups is 1. The molecule has 0 aliphatic heterocycles. The van der Waals surface area contributed by atoms with Gasteiger partial charge in [-0.2, -0.15) is 0 Å². The monoisotopic (exact) mass is 601 g/mol. The first-order chi connectivity index (χ1) is 18.5. The lowest BCUT2D eigenvalue weighted by Gasteiger charge is -2.20. The van der Waals surface area contributed by atoms with Crippen LogP contribution >= 0.6 is 23.4 Å². The molecule has 0 aliphatic carbocycles. The molecule has 0 unspecified atom stereocenters. The first-order valence-corrected chi connectivity index (χ1v) is 15.9. The summed E-state index contributed by atoms with van der Waals surface area (Å²) in [5.74, 6) is -0.436. The molecule has 4 rings (SSSR count). The smallest absolute Gasteiger partial charge is 0.264 e. The Morgan fingerprint density at radius 2 is 1.28 bits per heavy atom. The Morgan fingerprint density at radius 3 is 1.85 bits per heavy atom. The van der Waals surface area contributed by atoms with Gasteiger partial charge in [0.15, 0.2) is 0 Å². The summed E-state index contributed by atoms with van der Waals surface area (Å²) >= 11 is 7.36. The van der Waals surface area contributed by atoms with Gasteiger partial charge in [0.1, 0.15) is 0 Å². The van der Waals surface area contributed by atoms with Crippen LogP contribution in [0.2, 0.25) is 5.02 Å². The van der Waals surface area contributed by atoms with Gasteiger partial charge in [-0.3, -0.25) is 13.8 Å². The highest BCUT2D eigenvalue weighted by atomic mass is 35.5. The molecule has 0 saturated carbocycles. The Bertz CT molecular complexity index is 1680. The molecule has 0 spiro atoms. The normalized spacial score (nSPS) is 11.6. The minimum atomic E-state index is -3.83. The van der Waals surface area contributed by atoms with Crippen molar-refractivity contribution in [1.29, 1.82) is 0 Å². The molecule has 4 aromatic carbocycles. The second-order valence-corrected chi connectivity index (χ2v) is 13.3. The van der Waals surface area contributed by atoms with Crippen molar-refractivity contribution in [1.82, 2.24) is 0 Å². The number of halogens is 1. The third-order valence-electron chi connectivity index (χ3n) is 5.73. The Labute approximate surface area is 237 Å². The SMILES string of the molecule is CSc1ccc(S(=O)(=O)N(C)c2ccc(C(=O)Nc3ccc(S(=O)(=O)Nc4ccc(Cl)cc4)cc3)cc2)cc1. The van der Waals surface area contributed by atoms with E-state index in [1.807, 2.05) is 6.26 Å². The van der Waals surface area contributed by atoms with Crippen LogP contribution in [0.15, 0.2) is 112 Å². The van der Waals surface area contributed by atoms with E-state index >= 15 is 0 Å². The van der Waals surface area contributed by atoms with Crippen LogP contribution < -0.4 is 14.3 Å². The molecule has 39 heavy (non-hydrogen) atoms. The molecule has 8 nitrogen and oxygen atoms in total. The second-order valence-electron chi connectivity index (χ2n) is 8.29. The Morgan fingerprint density at radius 1 is 0.744 bits per heavy atom. The van der Waals surface area contributed by atoms with E-state index in [2.05, 4.69) is 10.0 Å². The van der Waals surface area contributed by atoms with Crippen LogP contribution in [0.25, 0.3) is 0 Å². The average molecular weight is 602 g/mol. The molecule has 0 aliphatic rings. The number of thioether (sulfide) groups is 1. The lowest BCUT2D eigenvalue weighted by atomic mass is 10.2. The summed E-state index contributed by atoms with van der Waals surface area (Å²) in [7, 11) is -6.16. The standard InChI is InChI=1S/C27H24ClN3O5S3/c1-31(39(35,36)26-17-13-24(37-2)14-18-26)23-11-3-19(4-12-23)27(32)29-21-9-15-25(16-10-21)38(33,34)30-22-7-5-20(28)6-8-22/h3-18,30H,1-2H3,(H,29,32). The van der Waals surface area contributed by atoms with Crippen LogP contribution in [0.3, 0.4) is 0 Å². The van der Waals surface area contributed by atoms with E-state index in [0.717, 1.165) is 9.20 Å². The summed E-state index contributed by atoms with van der Waals surface area (Å²) in [5.41, 5.74) is 1.45. The predicted octanol–water partition coefficient (Wildman–Crippen LogP) is 5.94. The zero-order chi connectivity index (χ0) is 28.2. The molecule has 0 radical (unpaired) electrons. The Hall–Kier alpha value is -3.51. The molecule has 0 bridgehead atoms. The predicted molar refractivity (Wildman–Crippen MR) is 157 cm³/mol.